The summed E-state index contributed by atoms with van der Waals surface area (Å²) in [6, 6.07) is 2.21. The third-order valence-corrected chi connectivity index (χ3v) is 3.37. The van der Waals surface area contributed by atoms with E-state index in [1.165, 1.54) is 27.8 Å². The minimum atomic E-state index is 0.438. The lowest BCUT2D eigenvalue weighted by Crippen LogP contribution is -1.95. The Morgan fingerprint density at radius 3 is 2.06 bits per heavy atom. The molecule has 2 aromatic rings. The zero-order chi connectivity index (χ0) is 11.9. The highest BCUT2D eigenvalue weighted by Crippen LogP contribution is 2.30. The van der Waals surface area contributed by atoms with Crippen molar-refractivity contribution in [3.63, 3.8) is 0 Å². The molecule has 3 heteroatoms. The first-order chi connectivity index (χ1) is 7.50. The van der Waals surface area contributed by atoms with Gasteiger partial charge < -0.3 is 4.98 Å². The van der Waals surface area contributed by atoms with E-state index in [2.05, 4.69) is 43.7 Å². The van der Waals surface area contributed by atoms with Crippen LogP contribution in [0.5, 0.6) is 0 Å². The van der Waals surface area contributed by atoms with Crippen LogP contribution in [0, 0.1) is 27.7 Å². The molecule has 1 N–H and O–H groups in total. The predicted octanol–water partition coefficient (Wildman–Crippen LogP) is 3.96. The van der Waals surface area contributed by atoms with Crippen LogP contribution in [0.1, 0.15) is 22.3 Å². The molecule has 0 atom stereocenters. The highest BCUT2D eigenvalue weighted by molar-refractivity contribution is 6.28. The summed E-state index contributed by atoms with van der Waals surface area (Å²) in [4.78, 5) is 7.13. The first-order valence-electron chi connectivity index (χ1n) is 5.29. The van der Waals surface area contributed by atoms with Gasteiger partial charge in [0.25, 0.3) is 0 Å². The maximum atomic E-state index is 5.83. The van der Waals surface area contributed by atoms with Crippen LogP contribution in [0.15, 0.2) is 12.3 Å². The molecule has 2 nitrogen and oxygen atoms in total. The van der Waals surface area contributed by atoms with Gasteiger partial charge in [0, 0.05) is 5.56 Å². The van der Waals surface area contributed by atoms with E-state index >= 15 is 0 Å². The van der Waals surface area contributed by atoms with Gasteiger partial charge in [0.1, 0.15) is 0 Å². The topological polar surface area (TPSA) is 28.7 Å². The minimum Gasteiger partial charge on any atom is -0.329 e. The molecule has 0 aliphatic heterocycles. The van der Waals surface area contributed by atoms with Gasteiger partial charge in [-0.2, -0.15) is 0 Å². The molecule has 1 aromatic heterocycles. The number of H-pyrrole nitrogens is 1. The highest BCUT2D eigenvalue weighted by Gasteiger charge is 2.12. The summed E-state index contributed by atoms with van der Waals surface area (Å²) in [6.45, 7) is 8.52. The zero-order valence-corrected chi connectivity index (χ0v) is 10.7. The average Bonchev–Trinajstić information content (AvgIpc) is 2.62. The van der Waals surface area contributed by atoms with E-state index in [-0.39, 0.29) is 0 Å². The van der Waals surface area contributed by atoms with Gasteiger partial charge in [-0.3, -0.25) is 0 Å². The average molecular weight is 235 g/mol. The van der Waals surface area contributed by atoms with Gasteiger partial charge in [0.15, 0.2) is 5.28 Å². The number of halogens is 1. The summed E-state index contributed by atoms with van der Waals surface area (Å²) in [6.07, 6.45) is 1.79. The summed E-state index contributed by atoms with van der Waals surface area (Å²) in [5, 5.41) is 0.438. The van der Waals surface area contributed by atoms with Gasteiger partial charge in [-0.05, 0) is 61.5 Å². The molecule has 0 bridgehead atoms. The Morgan fingerprint density at radius 2 is 1.62 bits per heavy atom. The molecule has 0 fully saturated rings. The molecule has 0 saturated heterocycles. The van der Waals surface area contributed by atoms with Crippen molar-refractivity contribution in [2.24, 2.45) is 0 Å². The zero-order valence-electron chi connectivity index (χ0n) is 9.98. The smallest absolute Gasteiger partial charge is 0.200 e. The Kier molecular flexibility index (Phi) is 2.76. The summed E-state index contributed by atoms with van der Waals surface area (Å²) >= 11 is 5.83. The van der Waals surface area contributed by atoms with Crippen LogP contribution in [-0.4, -0.2) is 9.97 Å². The molecule has 0 aliphatic carbocycles. The molecule has 0 saturated carbocycles. The van der Waals surface area contributed by atoms with Crippen LogP contribution in [0.25, 0.3) is 11.3 Å². The van der Waals surface area contributed by atoms with E-state index in [1.807, 2.05) is 0 Å². The van der Waals surface area contributed by atoms with Gasteiger partial charge in [-0.15, -0.1) is 0 Å². The summed E-state index contributed by atoms with van der Waals surface area (Å²) < 4.78 is 0. The quantitative estimate of drug-likeness (QED) is 0.795. The van der Waals surface area contributed by atoms with E-state index in [4.69, 9.17) is 11.6 Å². The lowest BCUT2D eigenvalue weighted by molar-refractivity contribution is 1.23. The van der Waals surface area contributed by atoms with Gasteiger partial charge in [0.2, 0.25) is 0 Å². The summed E-state index contributed by atoms with van der Waals surface area (Å²) in [5.41, 5.74) is 7.36. The Morgan fingerprint density at radius 1 is 1.06 bits per heavy atom. The molecular weight excluding hydrogens is 220 g/mol. The lowest BCUT2D eigenvalue weighted by atomic mass is 9.93. The molecule has 0 spiro atoms. The summed E-state index contributed by atoms with van der Waals surface area (Å²) in [5.74, 6) is 0. The number of nitrogens with one attached hydrogen (secondary N) is 1. The first-order valence-corrected chi connectivity index (χ1v) is 5.66. The number of benzene rings is 1. The van der Waals surface area contributed by atoms with Gasteiger partial charge >= 0.3 is 0 Å². The van der Waals surface area contributed by atoms with Gasteiger partial charge in [-0.25, -0.2) is 4.98 Å². The molecule has 0 aliphatic rings. The van der Waals surface area contributed by atoms with E-state index in [0.29, 0.717) is 5.28 Å². The SMILES string of the molecule is Cc1cc(C)c(C)c(-c2cnc(Cl)[nH]2)c1C. The number of imidazole rings is 1. The van der Waals surface area contributed by atoms with Crippen LogP contribution < -0.4 is 0 Å². The fourth-order valence-corrected chi connectivity index (χ4v) is 2.20. The van der Waals surface area contributed by atoms with Gasteiger partial charge in [-0.1, -0.05) is 6.07 Å². The molecular formula is C13H15ClN2. The van der Waals surface area contributed by atoms with E-state index in [9.17, 15) is 0 Å². The third-order valence-electron chi connectivity index (χ3n) is 3.18. The predicted molar refractivity (Wildman–Crippen MR) is 68.0 cm³/mol. The molecule has 2 rings (SSSR count). The molecule has 1 aromatic carbocycles. The third kappa shape index (κ3) is 1.74. The summed E-state index contributed by atoms with van der Waals surface area (Å²) in [7, 11) is 0. The Balaban J connectivity index is 2.73. The number of hydrogen-bond donors (Lipinski definition) is 1. The number of aryl methyl sites for hydroxylation is 2. The Hall–Kier alpha value is -1.28. The Bertz CT molecular complexity index is 515. The van der Waals surface area contributed by atoms with Crippen molar-refractivity contribution in [1.29, 1.82) is 0 Å². The monoisotopic (exact) mass is 234 g/mol. The number of aromatic amines is 1. The van der Waals surface area contributed by atoms with Crippen molar-refractivity contribution in [2.75, 3.05) is 0 Å². The van der Waals surface area contributed by atoms with Crippen molar-refractivity contribution in [3.05, 3.63) is 39.8 Å². The largest absolute Gasteiger partial charge is 0.329 e. The highest BCUT2D eigenvalue weighted by atomic mass is 35.5. The van der Waals surface area contributed by atoms with Crippen molar-refractivity contribution >= 4 is 11.6 Å². The van der Waals surface area contributed by atoms with Crippen LogP contribution >= 0.6 is 11.6 Å². The second-order valence-corrected chi connectivity index (χ2v) is 4.58. The Labute approximate surface area is 101 Å². The molecule has 0 radical (unpaired) electrons. The second kappa shape index (κ2) is 3.95. The normalized spacial score (nSPS) is 10.8. The number of nitrogens with zero attached hydrogens (tertiary/aromatic N) is 1. The van der Waals surface area contributed by atoms with Crippen LogP contribution in [0.3, 0.4) is 0 Å². The molecule has 0 amide bonds. The molecule has 16 heavy (non-hydrogen) atoms. The van der Waals surface area contributed by atoms with Crippen LogP contribution in [0.4, 0.5) is 0 Å². The second-order valence-electron chi connectivity index (χ2n) is 4.22. The van der Waals surface area contributed by atoms with E-state index in [0.717, 1.165) is 5.69 Å². The fourth-order valence-electron chi connectivity index (χ4n) is 2.04. The van der Waals surface area contributed by atoms with Crippen molar-refractivity contribution in [1.82, 2.24) is 9.97 Å². The molecule has 1 heterocycles. The minimum absolute atomic E-state index is 0.438. The number of rotatable bonds is 1. The van der Waals surface area contributed by atoms with Crippen molar-refractivity contribution in [2.45, 2.75) is 27.7 Å². The maximum Gasteiger partial charge on any atom is 0.200 e. The van der Waals surface area contributed by atoms with Crippen molar-refractivity contribution in [3.8, 4) is 11.3 Å². The number of hydrogen-bond acceptors (Lipinski definition) is 1. The first kappa shape index (κ1) is 11.2. The van der Waals surface area contributed by atoms with Crippen molar-refractivity contribution < 1.29 is 0 Å². The fraction of sp³-hybridized carbons (Fsp3) is 0.308. The van der Waals surface area contributed by atoms with E-state index in [1.54, 1.807) is 6.20 Å². The lowest BCUT2D eigenvalue weighted by Gasteiger charge is -2.13. The molecule has 0 unspecified atom stereocenters. The van der Waals surface area contributed by atoms with E-state index < -0.39 is 0 Å². The van der Waals surface area contributed by atoms with Gasteiger partial charge in [0.05, 0.1) is 11.9 Å². The van der Waals surface area contributed by atoms with Crippen LogP contribution in [-0.2, 0) is 0 Å². The maximum absolute atomic E-state index is 5.83. The number of aromatic nitrogens is 2. The van der Waals surface area contributed by atoms with Crippen LogP contribution in [0.2, 0.25) is 5.28 Å². The molecule has 84 valence electrons. The standard InChI is InChI=1S/C13H15ClN2/c1-7-5-8(2)10(4)12(9(7)3)11-6-15-13(14)16-11/h5-6H,1-4H3,(H,15,16).